The summed E-state index contributed by atoms with van der Waals surface area (Å²) in [6.07, 6.45) is 0. The molecule has 0 bridgehead atoms. The number of benzene rings is 9. The minimum Gasteiger partial charge on any atom is -0.456 e. The Labute approximate surface area is 317 Å². The first kappa shape index (κ1) is 31.1. The number of hydrogen-bond donors (Lipinski definition) is 0. The van der Waals surface area contributed by atoms with Gasteiger partial charge in [-0.3, -0.25) is 0 Å². The van der Waals surface area contributed by atoms with Gasteiger partial charge in [-0.05, 0) is 72.8 Å². The number of nitrogens with zero attached hydrogens (tertiary/aromatic N) is 3. The molecule has 9 aromatic carbocycles. The third-order valence-corrected chi connectivity index (χ3v) is 10.7. The standard InChI is InChI=1S/C51H31N3O/c1-2-15-32(16-3-1)35-19-8-10-23-40(35)49-52-50(54-51(53-49)43-26-14-28-46-48(43)42-25-12-13-27-45(42)55-46)41-24-11-9-22-38(41)44-31-34-18-5-7-21-37(34)47-36-20-6-4-17-33(36)29-30-39(44)47/h1-31H. The molecule has 0 fully saturated rings. The van der Waals surface area contributed by atoms with Crippen LogP contribution in [0.1, 0.15) is 0 Å². The lowest BCUT2D eigenvalue weighted by Gasteiger charge is -2.17. The summed E-state index contributed by atoms with van der Waals surface area (Å²) in [6.45, 7) is 0. The van der Waals surface area contributed by atoms with Crippen LogP contribution in [0, 0.1) is 0 Å². The molecule has 0 saturated carbocycles. The van der Waals surface area contributed by atoms with Gasteiger partial charge in [0, 0.05) is 27.5 Å². The molecule has 0 radical (unpaired) electrons. The van der Waals surface area contributed by atoms with Gasteiger partial charge in [0.25, 0.3) is 0 Å². The molecule has 11 rings (SSSR count). The number of hydrogen-bond acceptors (Lipinski definition) is 4. The Kier molecular flexibility index (Phi) is 7.14. The highest BCUT2D eigenvalue weighted by Gasteiger charge is 2.21. The van der Waals surface area contributed by atoms with Crippen molar-refractivity contribution in [3.05, 3.63) is 188 Å². The van der Waals surface area contributed by atoms with E-state index >= 15 is 0 Å². The van der Waals surface area contributed by atoms with Crippen molar-refractivity contribution in [3.63, 3.8) is 0 Å². The van der Waals surface area contributed by atoms with Crippen LogP contribution in [-0.2, 0) is 0 Å². The van der Waals surface area contributed by atoms with Crippen molar-refractivity contribution < 1.29 is 4.42 Å². The SMILES string of the molecule is c1ccc(-c2ccccc2-c2nc(-c3ccccc3-c3cc4ccccc4c4c3ccc3ccccc34)nc(-c3cccc4oc5ccccc5c34)n2)cc1. The zero-order valence-corrected chi connectivity index (χ0v) is 29.6. The summed E-state index contributed by atoms with van der Waals surface area (Å²) in [7, 11) is 0. The van der Waals surface area contributed by atoms with Crippen molar-refractivity contribution in [2.75, 3.05) is 0 Å². The Hall–Kier alpha value is -7.43. The molecule has 4 nitrogen and oxygen atoms in total. The van der Waals surface area contributed by atoms with E-state index < -0.39 is 0 Å². The van der Waals surface area contributed by atoms with Crippen LogP contribution in [-0.4, -0.2) is 15.0 Å². The van der Waals surface area contributed by atoms with E-state index in [0.29, 0.717) is 17.5 Å². The molecule has 55 heavy (non-hydrogen) atoms. The molecule has 0 aliphatic carbocycles. The van der Waals surface area contributed by atoms with Gasteiger partial charge < -0.3 is 4.42 Å². The molecular formula is C51H31N3O. The number of furan rings is 1. The smallest absolute Gasteiger partial charge is 0.164 e. The highest BCUT2D eigenvalue weighted by atomic mass is 16.3. The van der Waals surface area contributed by atoms with Crippen molar-refractivity contribution in [1.29, 1.82) is 0 Å². The fraction of sp³-hybridized carbons (Fsp3) is 0. The van der Waals surface area contributed by atoms with Crippen LogP contribution in [0.2, 0.25) is 0 Å². The van der Waals surface area contributed by atoms with Crippen LogP contribution >= 0.6 is 0 Å². The van der Waals surface area contributed by atoms with Gasteiger partial charge in [0.1, 0.15) is 11.2 Å². The normalized spacial score (nSPS) is 11.6. The Morgan fingerprint density at radius 3 is 1.58 bits per heavy atom. The molecule has 0 atom stereocenters. The van der Waals surface area contributed by atoms with E-state index in [-0.39, 0.29) is 0 Å². The van der Waals surface area contributed by atoms with Crippen molar-refractivity contribution in [2.45, 2.75) is 0 Å². The summed E-state index contributed by atoms with van der Waals surface area (Å²) in [5.41, 5.74) is 8.72. The molecule has 0 unspecified atom stereocenters. The van der Waals surface area contributed by atoms with Gasteiger partial charge >= 0.3 is 0 Å². The van der Waals surface area contributed by atoms with Crippen LogP contribution < -0.4 is 0 Å². The zero-order valence-electron chi connectivity index (χ0n) is 29.6. The molecule has 2 heterocycles. The average molecular weight is 702 g/mol. The number of aromatic nitrogens is 3. The lowest BCUT2D eigenvalue weighted by Crippen LogP contribution is -2.02. The van der Waals surface area contributed by atoms with E-state index in [2.05, 4.69) is 152 Å². The first-order valence-electron chi connectivity index (χ1n) is 18.5. The summed E-state index contributed by atoms with van der Waals surface area (Å²) >= 11 is 0. The van der Waals surface area contributed by atoms with Gasteiger partial charge in [-0.1, -0.05) is 170 Å². The Morgan fingerprint density at radius 1 is 0.291 bits per heavy atom. The number of para-hydroxylation sites is 1. The topological polar surface area (TPSA) is 51.8 Å². The quantitative estimate of drug-likeness (QED) is 0.168. The Balaban J connectivity index is 1.21. The predicted molar refractivity (Wildman–Crippen MR) is 227 cm³/mol. The van der Waals surface area contributed by atoms with Gasteiger partial charge in [0.15, 0.2) is 17.5 Å². The predicted octanol–water partition coefficient (Wildman–Crippen LogP) is 13.6. The van der Waals surface area contributed by atoms with E-state index in [9.17, 15) is 0 Å². The van der Waals surface area contributed by atoms with Crippen LogP contribution in [0.4, 0.5) is 0 Å². The minimum atomic E-state index is 0.587. The maximum absolute atomic E-state index is 6.33. The second-order valence-corrected chi connectivity index (χ2v) is 13.9. The minimum absolute atomic E-state index is 0.587. The monoisotopic (exact) mass is 701 g/mol. The molecule has 256 valence electrons. The van der Waals surface area contributed by atoms with Crippen molar-refractivity contribution >= 4 is 54.3 Å². The van der Waals surface area contributed by atoms with Gasteiger partial charge in [-0.25, -0.2) is 15.0 Å². The summed E-state index contributed by atoms with van der Waals surface area (Å²) in [5.74, 6) is 1.79. The van der Waals surface area contributed by atoms with Gasteiger partial charge in [0.05, 0.1) is 0 Å². The van der Waals surface area contributed by atoms with E-state index in [4.69, 9.17) is 19.4 Å². The van der Waals surface area contributed by atoms with E-state index in [1.54, 1.807) is 0 Å². The van der Waals surface area contributed by atoms with Crippen LogP contribution in [0.15, 0.2) is 192 Å². The highest BCUT2D eigenvalue weighted by Crippen LogP contribution is 2.43. The summed E-state index contributed by atoms with van der Waals surface area (Å²) in [4.78, 5) is 16.0. The maximum Gasteiger partial charge on any atom is 0.164 e. The molecule has 11 aromatic rings. The van der Waals surface area contributed by atoms with Crippen LogP contribution in [0.25, 0.3) is 111 Å². The largest absolute Gasteiger partial charge is 0.456 e. The molecule has 0 amide bonds. The molecule has 0 N–H and O–H groups in total. The second-order valence-electron chi connectivity index (χ2n) is 13.9. The van der Waals surface area contributed by atoms with Crippen LogP contribution in [0.3, 0.4) is 0 Å². The van der Waals surface area contributed by atoms with Crippen LogP contribution in [0.5, 0.6) is 0 Å². The maximum atomic E-state index is 6.33. The first-order valence-corrected chi connectivity index (χ1v) is 18.5. The Bertz CT molecular complexity index is 3260. The first-order chi connectivity index (χ1) is 27.3. The molecule has 0 saturated heterocycles. The van der Waals surface area contributed by atoms with E-state index in [0.717, 1.165) is 60.9 Å². The Morgan fingerprint density at radius 2 is 0.818 bits per heavy atom. The third kappa shape index (κ3) is 5.11. The molecule has 0 aliphatic heterocycles. The average Bonchev–Trinajstić information content (AvgIpc) is 3.65. The molecular weight excluding hydrogens is 671 g/mol. The van der Waals surface area contributed by atoms with E-state index in [1.807, 2.05) is 36.4 Å². The highest BCUT2D eigenvalue weighted by molar-refractivity contribution is 6.24. The lowest BCUT2D eigenvalue weighted by atomic mass is 9.88. The van der Waals surface area contributed by atoms with Crippen molar-refractivity contribution in [2.24, 2.45) is 0 Å². The summed E-state index contributed by atoms with van der Waals surface area (Å²) in [6, 6.07) is 65.7. The summed E-state index contributed by atoms with van der Waals surface area (Å²) in [5, 5.41) is 9.31. The summed E-state index contributed by atoms with van der Waals surface area (Å²) < 4.78 is 6.33. The van der Waals surface area contributed by atoms with Gasteiger partial charge in [0.2, 0.25) is 0 Å². The molecule has 2 aromatic heterocycles. The lowest BCUT2D eigenvalue weighted by molar-refractivity contribution is 0.669. The number of fused-ring (bicyclic) bond motifs is 8. The van der Waals surface area contributed by atoms with Gasteiger partial charge in [-0.15, -0.1) is 0 Å². The molecule has 4 heteroatoms. The zero-order chi connectivity index (χ0) is 36.3. The fourth-order valence-electron chi connectivity index (χ4n) is 8.25. The van der Waals surface area contributed by atoms with Crippen molar-refractivity contribution in [1.82, 2.24) is 15.0 Å². The molecule has 0 spiro atoms. The molecule has 0 aliphatic rings. The van der Waals surface area contributed by atoms with E-state index in [1.165, 1.54) is 32.3 Å². The fourth-order valence-corrected chi connectivity index (χ4v) is 8.25. The third-order valence-electron chi connectivity index (χ3n) is 10.7. The second kappa shape index (κ2) is 12.6. The number of rotatable bonds is 5. The van der Waals surface area contributed by atoms with Crippen molar-refractivity contribution in [3.8, 4) is 56.4 Å². The van der Waals surface area contributed by atoms with Gasteiger partial charge in [-0.2, -0.15) is 0 Å².